The van der Waals surface area contributed by atoms with Crippen LogP contribution in [0.2, 0.25) is 0 Å². The number of fused-ring (bicyclic) bond motifs is 1. The summed E-state index contributed by atoms with van der Waals surface area (Å²) in [5.74, 6) is 2.23. The molecule has 2 saturated heterocycles. The maximum Gasteiger partial charge on any atom is 0.410 e. The van der Waals surface area contributed by atoms with Crippen molar-refractivity contribution < 1.29 is 13.9 Å². The number of piperazine rings is 1. The van der Waals surface area contributed by atoms with Crippen molar-refractivity contribution >= 4 is 11.8 Å². The minimum atomic E-state index is -0.501. The minimum Gasteiger partial charge on any atom is -0.444 e. The lowest BCUT2D eigenvalue weighted by atomic mass is 9.85. The van der Waals surface area contributed by atoms with Gasteiger partial charge in [-0.2, -0.15) is 0 Å². The first-order chi connectivity index (χ1) is 10.3. The summed E-state index contributed by atoms with van der Waals surface area (Å²) in [6, 6.07) is 4.91. The Bertz CT molecular complexity index is 660. The Labute approximate surface area is 129 Å². The van der Waals surface area contributed by atoms with E-state index in [1.54, 1.807) is 17.0 Å². The SMILES string of the molecule is C#Cc1ccc(F)c(N2CC3[C@H]2CN3C(=O)OC(C)(C)C)c1. The number of carbonyl (C=O) groups is 1. The van der Waals surface area contributed by atoms with Gasteiger partial charge in [-0.3, -0.25) is 4.90 Å². The summed E-state index contributed by atoms with van der Waals surface area (Å²) in [6.45, 7) is 6.69. The van der Waals surface area contributed by atoms with Crippen molar-refractivity contribution in [3.63, 3.8) is 0 Å². The highest BCUT2D eigenvalue weighted by atomic mass is 19.1. The van der Waals surface area contributed by atoms with Crippen LogP contribution in [0.25, 0.3) is 0 Å². The first-order valence-electron chi connectivity index (χ1n) is 7.32. The molecule has 2 fully saturated rings. The lowest BCUT2D eigenvalue weighted by Gasteiger charge is -2.62. The molecule has 0 radical (unpaired) electrons. The van der Waals surface area contributed by atoms with Gasteiger partial charge >= 0.3 is 6.09 Å². The number of likely N-dealkylation sites (tertiary alicyclic amines) is 1. The number of benzene rings is 1. The number of hydrogen-bond acceptors (Lipinski definition) is 3. The molecule has 0 N–H and O–H groups in total. The highest BCUT2D eigenvalue weighted by Gasteiger charge is 2.55. The Morgan fingerprint density at radius 3 is 2.64 bits per heavy atom. The van der Waals surface area contributed by atoms with Gasteiger partial charge in [0.25, 0.3) is 0 Å². The lowest BCUT2D eigenvalue weighted by molar-refractivity contribution is -0.0311. The van der Waals surface area contributed by atoms with Crippen LogP contribution in [0, 0.1) is 18.2 Å². The average molecular weight is 302 g/mol. The van der Waals surface area contributed by atoms with Gasteiger partial charge in [-0.25, -0.2) is 9.18 Å². The van der Waals surface area contributed by atoms with Crippen molar-refractivity contribution in [1.82, 2.24) is 4.90 Å². The van der Waals surface area contributed by atoms with E-state index in [1.165, 1.54) is 6.07 Å². The number of nitrogens with zero attached hydrogens (tertiary/aromatic N) is 2. The monoisotopic (exact) mass is 302 g/mol. The predicted molar refractivity (Wildman–Crippen MR) is 82.2 cm³/mol. The third-order valence-electron chi connectivity index (χ3n) is 4.06. The van der Waals surface area contributed by atoms with Gasteiger partial charge in [0.15, 0.2) is 0 Å². The molecule has 5 heteroatoms. The summed E-state index contributed by atoms with van der Waals surface area (Å²) in [4.78, 5) is 15.7. The molecular weight excluding hydrogens is 283 g/mol. The largest absolute Gasteiger partial charge is 0.444 e. The van der Waals surface area contributed by atoms with Crippen molar-refractivity contribution in [2.24, 2.45) is 0 Å². The molecule has 116 valence electrons. The number of terminal acetylenes is 1. The molecule has 1 amide bonds. The second-order valence-electron chi connectivity index (χ2n) is 6.73. The average Bonchev–Trinajstić information content (AvgIpc) is 2.40. The number of carbonyl (C=O) groups excluding carboxylic acids is 1. The molecule has 22 heavy (non-hydrogen) atoms. The molecule has 0 aromatic heterocycles. The molecule has 3 rings (SSSR count). The zero-order valence-electron chi connectivity index (χ0n) is 13.0. The molecule has 2 atom stereocenters. The van der Waals surface area contributed by atoms with Crippen molar-refractivity contribution in [2.45, 2.75) is 38.5 Å². The van der Waals surface area contributed by atoms with Gasteiger partial charge in [0.2, 0.25) is 0 Å². The second-order valence-corrected chi connectivity index (χ2v) is 6.73. The Balaban J connectivity index is 1.66. The minimum absolute atomic E-state index is 0.101. The number of anilines is 1. The van der Waals surface area contributed by atoms with Crippen molar-refractivity contribution in [3.05, 3.63) is 29.6 Å². The van der Waals surface area contributed by atoms with Crippen molar-refractivity contribution in [3.8, 4) is 12.3 Å². The second kappa shape index (κ2) is 4.91. The van der Waals surface area contributed by atoms with Gasteiger partial charge in [0.05, 0.1) is 17.8 Å². The van der Waals surface area contributed by atoms with Gasteiger partial charge < -0.3 is 9.64 Å². The highest BCUT2D eigenvalue weighted by Crippen LogP contribution is 2.39. The van der Waals surface area contributed by atoms with Gasteiger partial charge in [-0.1, -0.05) is 5.92 Å². The zero-order valence-corrected chi connectivity index (χ0v) is 13.0. The van der Waals surface area contributed by atoms with Crippen LogP contribution in [0.1, 0.15) is 26.3 Å². The van der Waals surface area contributed by atoms with Crippen LogP contribution in [0.3, 0.4) is 0 Å². The van der Waals surface area contributed by atoms with E-state index in [2.05, 4.69) is 5.92 Å². The Morgan fingerprint density at radius 1 is 1.36 bits per heavy atom. The smallest absolute Gasteiger partial charge is 0.410 e. The summed E-state index contributed by atoms with van der Waals surface area (Å²) < 4.78 is 19.3. The topological polar surface area (TPSA) is 32.8 Å². The quantitative estimate of drug-likeness (QED) is 0.748. The van der Waals surface area contributed by atoms with Crippen LogP contribution < -0.4 is 4.90 Å². The van der Waals surface area contributed by atoms with Gasteiger partial charge in [0, 0.05) is 18.7 Å². The predicted octanol–water partition coefficient (Wildman–Crippen LogP) is 2.61. The first-order valence-corrected chi connectivity index (χ1v) is 7.32. The van der Waals surface area contributed by atoms with E-state index in [9.17, 15) is 9.18 Å². The van der Waals surface area contributed by atoms with E-state index in [4.69, 9.17) is 11.2 Å². The molecular formula is C17H19FN2O2. The van der Waals surface area contributed by atoms with E-state index in [1.807, 2.05) is 25.7 Å². The van der Waals surface area contributed by atoms with E-state index in [0.29, 0.717) is 24.3 Å². The maximum absolute atomic E-state index is 14.0. The zero-order chi connectivity index (χ0) is 16.1. The molecule has 2 aliphatic rings. The number of halogens is 1. The third kappa shape index (κ3) is 2.39. The molecule has 2 heterocycles. The normalized spacial score (nSPS) is 23.0. The molecule has 1 aromatic carbocycles. The number of ether oxygens (including phenoxy) is 1. The van der Waals surface area contributed by atoms with E-state index in [-0.39, 0.29) is 24.0 Å². The standard InChI is InChI=1S/C17H19FN2O2/c1-5-11-6-7-12(18)13(8-11)19-9-15-14(19)10-20(15)16(21)22-17(2,3)4/h1,6-8,14-15H,9-10H2,2-4H3/t14-,15?/m1/s1. The first kappa shape index (κ1) is 14.7. The van der Waals surface area contributed by atoms with Gasteiger partial charge in [-0.15, -0.1) is 6.42 Å². The Morgan fingerprint density at radius 2 is 2.09 bits per heavy atom. The van der Waals surface area contributed by atoms with Crippen LogP contribution in [-0.4, -0.2) is 41.8 Å². The van der Waals surface area contributed by atoms with E-state index >= 15 is 0 Å². The third-order valence-corrected chi connectivity index (χ3v) is 4.06. The van der Waals surface area contributed by atoms with Gasteiger partial charge in [-0.05, 0) is 39.0 Å². The summed E-state index contributed by atoms with van der Waals surface area (Å²) in [7, 11) is 0. The fourth-order valence-corrected chi connectivity index (χ4v) is 2.88. The molecule has 0 spiro atoms. The molecule has 4 nitrogen and oxygen atoms in total. The molecule has 0 bridgehead atoms. The number of rotatable bonds is 1. The Hall–Kier alpha value is -2.22. The van der Waals surface area contributed by atoms with E-state index in [0.717, 1.165) is 0 Å². The van der Waals surface area contributed by atoms with Crippen LogP contribution in [-0.2, 0) is 4.74 Å². The summed E-state index contributed by atoms with van der Waals surface area (Å²) in [5, 5.41) is 0. The maximum atomic E-state index is 14.0. The van der Waals surface area contributed by atoms with Crippen molar-refractivity contribution in [2.75, 3.05) is 18.0 Å². The molecule has 0 aliphatic carbocycles. The molecule has 1 unspecified atom stereocenters. The van der Waals surface area contributed by atoms with E-state index < -0.39 is 5.60 Å². The highest BCUT2D eigenvalue weighted by molar-refractivity contribution is 5.72. The fraction of sp³-hybridized carbons (Fsp3) is 0.471. The van der Waals surface area contributed by atoms with Crippen LogP contribution in [0.5, 0.6) is 0 Å². The van der Waals surface area contributed by atoms with Gasteiger partial charge in [0.1, 0.15) is 11.4 Å². The van der Waals surface area contributed by atoms with Crippen LogP contribution in [0.4, 0.5) is 14.9 Å². The Kier molecular flexibility index (Phi) is 3.28. The fourth-order valence-electron chi connectivity index (χ4n) is 2.88. The summed E-state index contributed by atoms with van der Waals surface area (Å²) >= 11 is 0. The van der Waals surface area contributed by atoms with Crippen LogP contribution >= 0.6 is 0 Å². The van der Waals surface area contributed by atoms with Crippen molar-refractivity contribution in [1.29, 1.82) is 0 Å². The number of amides is 1. The summed E-state index contributed by atoms with van der Waals surface area (Å²) in [5.41, 5.74) is 0.669. The molecule has 0 saturated carbocycles. The molecule has 2 aliphatic heterocycles. The lowest BCUT2D eigenvalue weighted by Crippen LogP contribution is -2.80. The number of hydrogen-bond donors (Lipinski definition) is 0. The summed E-state index contributed by atoms with van der Waals surface area (Å²) in [6.07, 6.45) is 5.06. The molecule has 1 aromatic rings. The van der Waals surface area contributed by atoms with Crippen LogP contribution in [0.15, 0.2) is 18.2 Å².